The number of para-hydroxylation sites is 1. The van der Waals surface area contributed by atoms with E-state index in [1.807, 2.05) is 25.1 Å². The fourth-order valence-corrected chi connectivity index (χ4v) is 3.94. The number of nitrogens with two attached hydrogens (primary N) is 1. The molecule has 1 amide bonds. The third-order valence-corrected chi connectivity index (χ3v) is 5.49. The summed E-state index contributed by atoms with van der Waals surface area (Å²) in [7, 11) is 0. The van der Waals surface area contributed by atoms with Crippen LogP contribution in [0, 0.1) is 0 Å². The van der Waals surface area contributed by atoms with Gasteiger partial charge in [0.2, 0.25) is 5.91 Å². The van der Waals surface area contributed by atoms with Crippen LogP contribution in [0.3, 0.4) is 0 Å². The van der Waals surface area contributed by atoms with Gasteiger partial charge in [-0.15, -0.1) is 0 Å². The van der Waals surface area contributed by atoms with Crippen molar-refractivity contribution in [1.82, 2.24) is 9.55 Å². The fraction of sp³-hybridized carbons (Fsp3) is 0.476. The molecule has 3 N–H and O–H groups in total. The number of amides is 1. The largest absolute Gasteiger partial charge is 0.383 e. The molecule has 0 saturated carbocycles. The highest BCUT2D eigenvalue weighted by atomic mass is 16.2. The third-order valence-electron chi connectivity index (χ3n) is 5.49. The van der Waals surface area contributed by atoms with E-state index in [1.165, 1.54) is 15.0 Å². The molecule has 8 nitrogen and oxygen atoms in total. The van der Waals surface area contributed by atoms with Crippen molar-refractivity contribution in [3.63, 3.8) is 0 Å². The molecular formula is C21H29N5O3. The first-order valence-electron chi connectivity index (χ1n) is 10.2. The van der Waals surface area contributed by atoms with Gasteiger partial charge in [-0.3, -0.25) is 19.1 Å². The van der Waals surface area contributed by atoms with Crippen LogP contribution in [0.25, 0.3) is 0 Å². The highest BCUT2D eigenvalue weighted by molar-refractivity contribution is 5.98. The van der Waals surface area contributed by atoms with Gasteiger partial charge in [-0.1, -0.05) is 31.5 Å². The molecule has 1 aromatic heterocycles. The van der Waals surface area contributed by atoms with Crippen molar-refractivity contribution in [2.75, 3.05) is 28.6 Å². The number of rotatable bonds is 7. The average Bonchev–Trinajstić information content (AvgIpc) is 3.00. The van der Waals surface area contributed by atoms with E-state index in [4.69, 9.17) is 5.73 Å². The molecule has 29 heavy (non-hydrogen) atoms. The summed E-state index contributed by atoms with van der Waals surface area (Å²) >= 11 is 0. The van der Waals surface area contributed by atoms with Gasteiger partial charge in [-0.05, 0) is 38.3 Å². The minimum atomic E-state index is -0.634. The maximum atomic E-state index is 13.2. The van der Waals surface area contributed by atoms with Gasteiger partial charge in [-0.2, -0.15) is 0 Å². The minimum absolute atomic E-state index is 0.0391. The molecule has 156 valence electrons. The maximum absolute atomic E-state index is 13.2. The van der Waals surface area contributed by atoms with Crippen LogP contribution in [-0.4, -0.2) is 34.6 Å². The Bertz CT molecular complexity index is 1010. The first-order valence-corrected chi connectivity index (χ1v) is 10.2. The summed E-state index contributed by atoms with van der Waals surface area (Å²) in [6, 6.07) is 8.21. The van der Waals surface area contributed by atoms with Gasteiger partial charge in [0, 0.05) is 24.8 Å². The SMILES string of the molecule is CCCCn1c(N)c(N(CC)C(=O)CN2c3ccccc3C[C@H]2C)c(=O)[nH]c1=O. The molecule has 2 aromatic rings. The molecule has 0 aliphatic carbocycles. The van der Waals surface area contributed by atoms with Gasteiger partial charge in [0.05, 0.1) is 6.54 Å². The summed E-state index contributed by atoms with van der Waals surface area (Å²) < 4.78 is 1.34. The predicted octanol–water partition coefficient (Wildman–Crippen LogP) is 1.72. The van der Waals surface area contributed by atoms with Gasteiger partial charge >= 0.3 is 5.69 Å². The number of aromatic amines is 1. The minimum Gasteiger partial charge on any atom is -0.383 e. The van der Waals surface area contributed by atoms with Crippen LogP contribution in [-0.2, 0) is 17.8 Å². The smallest absolute Gasteiger partial charge is 0.330 e. The van der Waals surface area contributed by atoms with E-state index < -0.39 is 11.2 Å². The summed E-state index contributed by atoms with van der Waals surface area (Å²) in [6.45, 7) is 6.69. The van der Waals surface area contributed by atoms with E-state index in [9.17, 15) is 14.4 Å². The summed E-state index contributed by atoms with van der Waals surface area (Å²) in [5.74, 6) is -0.189. The molecule has 0 saturated heterocycles. The Balaban J connectivity index is 1.93. The van der Waals surface area contributed by atoms with Crippen molar-refractivity contribution in [3.05, 3.63) is 50.7 Å². The van der Waals surface area contributed by atoms with Crippen molar-refractivity contribution in [1.29, 1.82) is 0 Å². The molecule has 0 spiro atoms. The Kier molecular flexibility index (Phi) is 6.10. The highest BCUT2D eigenvalue weighted by Gasteiger charge is 2.30. The Morgan fingerprint density at radius 1 is 1.28 bits per heavy atom. The van der Waals surface area contributed by atoms with Crippen molar-refractivity contribution in [2.24, 2.45) is 0 Å². The summed E-state index contributed by atoms with van der Waals surface area (Å²) in [4.78, 5) is 43.6. The topological polar surface area (TPSA) is 104 Å². The van der Waals surface area contributed by atoms with E-state index in [1.54, 1.807) is 6.92 Å². The molecule has 0 unspecified atom stereocenters. The van der Waals surface area contributed by atoms with Gasteiger partial charge in [-0.25, -0.2) is 4.79 Å². The van der Waals surface area contributed by atoms with Crippen LogP contribution in [0.1, 0.15) is 39.2 Å². The number of anilines is 3. The molecule has 1 atom stereocenters. The van der Waals surface area contributed by atoms with Gasteiger partial charge in [0.25, 0.3) is 5.56 Å². The molecule has 1 aliphatic heterocycles. The van der Waals surface area contributed by atoms with E-state index in [2.05, 4.69) is 22.9 Å². The zero-order chi connectivity index (χ0) is 21.1. The Labute approximate surface area is 169 Å². The first kappa shape index (κ1) is 20.7. The number of hydrogen-bond acceptors (Lipinski definition) is 5. The van der Waals surface area contributed by atoms with Gasteiger partial charge in [0.15, 0.2) is 5.69 Å². The summed E-state index contributed by atoms with van der Waals surface area (Å²) in [6.07, 6.45) is 2.50. The number of nitrogens with one attached hydrogen (secondary N) is 1. The standard InChI is InChI=1S/C21H29N5O3/c1-4-6-11-25-19(22)18(20(28)23-21(25)29)24(5-2)17(27)13-26-14(3)12-15-9-7-8-10-16(15)26/h7-10,14H,4-6,11-13,22H2,1-3H3,(H,23,28,29)/t14-/m1/s1. The number of aromatic nitrogens is 2. The number of fused-ring (bicyclic) bond motifs is 1. The normalized spacial score (nSPS) is 15.4. The average molecular weight is 399 g/mol. The Morgan fingerprint density at radius 2 is 2.00 bits per heavy atom. The molecule has 1 aromatic carbocycles. The van der Waals surface area contributed by atoms with Crippen molar-refractivity contribution in [3.8, 4) is 0 Å². The highest BCUT2D eigenvalue weighted by Crippen LogP contribution is 2.31. The van der Waals surface area contributed by atoms with Crippen molar-refractivity contribution in [2.45, 2.75) is 52.6 Å². The van der Waals surface area contributed by atoms with Crippen molar-refractivity contribution >= 4 is 23.1 Å². The fourth-order valence-electron chi connectivity index (χ4n) is 3.94. The number of likely N-dealkylation sites (N-methyl/N-ethyl adjacent to an activating group) is 1. The number of H-pyrrole nitrogens is 1. The number of nitrogen functional groups attached to an aromatic ring is 1. The number of benzene rings is 1. The van der Waals surface area contributed by atoms with Crippen LogP contribution >= 0.6 is 0 Å². The van der Waals surface area contributed by atoms with Gasteiger partial charge in [0.1, 0.15) is 5.82 Å². The molecule has 8 heteroatoms. The predicted molar refractivity (Wildman–Crippen MR) is 116 cm³/mol. The number of nitrogens with zero attached hydrogens (tertiary/aromatic N) is 3. The van der Waals surface area contributed by atoms with Crippen LogP contribution in [0.2, 0.25) is 0 Å². The van der Waals surface area contributed by atoms with E-state index in [0.717, 1.165) is 24.9 Å². The second-order valence-corrected chi connectivity index (χ2v) is 7.45. The zero-order valence-electron chi connectivity index (χ0n) is 17.3. The second kappa shape index (κ2) is 8.55. The second-order valence-electron chi connectivity index (χ2n) is 7.45. The lowest BCUT2D eigenvalue weighted by atomic mass is 10.1. The zero-order valence-corrected chi connectivity index (χ0v) is 17.3. The molecule has 3 rings (SSSR count). The van der Waals surface area contributed by atoms with Crippen molar-refractivity contribution < 1.29 is 4.79 Å². The maximum Gasteiger partial charge on any atom is 0.330 e. The van der Waals surface area contributed by atoms with E-state index >= 15 is 0 Å². The van der Waals surface area contributed by atoms with Crippen LogP contribution in [0.5, 0.6) is 0 Å². The number of carbonyl (C=O) groups excluding carboxylic acids is 1. The van der Waals surface area contributed by atoms with Crippen LogP contribution < -0.4 is 26.8 Å². The third kappa shape index (κ3) is 3.92. The summed E-state index contributed by atoms with van der Waals surface area (Å²) in [5, 5.41) is 0. The Hall–Kier alpha value is -3.03. The monoisotopic (exact) mass is 399 g/mol. The molecular weight excluding hydrogens is 370 g/mol. The number of hydrogen-bond donors (Lipinski definition) is 2. The summed E-state index contributed by atoms with van der Waals surface area (Å²) in [5.41, 5.74) is 7.31. The molecule has 1 aliphatic rings. The number of carbonyl (C=O) groups is 1. The molecule has 0 bridgehead atoms. The lowest BCUT2D eigenvalue weighted by molar-refractivity contribution is -0.117. The molecule has 0 fully saturated rings. The quantitative estimate of drug-likeness (QED) is 0.738. The van der Waals surface area contributed by atoms with E-state index in [0.29, 0.717) is 6.54 Å². The van der Waals surface area contributed by atoms with Crippen LogP contribution in [0.15, 0.2) is 33.9 Å². The first-order chi connectivity index (χ1) is 13.9. The van der Waals surface area contributed by atoms with E-state index in [-0.39, 0.29) is 36.5 Å². The Morgan fingerprint density at radius 3 is 2.69 bits per heavy atom. The lowest BCUT2D eigenvalue weighted by Crippen LogP contribution is -2.46. The lowest BCUT2D eigenvalue weighted by Gasteiger charge is -2.29. The molecule has 2 heterocycles. The molecule has 0 radical (unpaired) electrons. The number of unbranched alkanes of at least 4 members (excludes halogenated alkanes) is 1. The van der Waals surface area contributed by atoms with Crippen LogP contribution in [0.4, 0.5) is 17.2 Å². The van der Waals surface area contributed by atoms with Gasteiger partial charge < -0.3 is 15.5 Å².